The molecular formula is C26H27NO2. The fourth-order valence-electron chi connectivity index (χ4n) is 4.03. The second kappa shape index (κ2) is 8.87. The van der Waals surface area contributed by atoms with E-state index in [1.807, 2.05) is 18.2 Å². The molecule has 1 aliphatic rings. The molecule has 4 rings (SSSR count). The van der Waals surface area contributed by atoms with Gasteiger partial charge in [-0.15, -0.1) is 0 Å². The summed E-state index contributed by atoms with van der Waals surface area (Å²) < 4.78 is 6.02. The van der Waals surface area contributed by atoms with Crippen LogP contribution in [0.4, 0.5) is 5.69 Å². The van der Waals surface area contributed by atoms with Crippen LogP contribution in [0.5, 0.6) is 5.75 Å². The first kappa shape index (κ1) is 19.1. The van der Waals surface area contributed by atoms with Crippen LogP contribution in [0.2, 0.25) is 0 Å². The first-order valence-electron chi connectivity index (χ1n) is 10.2. The van der Waals surface area contributed by atoms with Crippen molar-refractivity contribution in [2.75, 3.05) is 11.4 Å². The van der Waals surface area contributed by atoms with Gasteiger partial charge >= 0.3 is 0 Å². The van der Waals surface area contributed by atoms with Crippen molar-refractivity contribution in [2.45, 2.75) is 31.9 Å². The molecule has 1 N–H and O–H groups in total. The molecule has 3 aromatic rings. The molecule has 1 aliphatic heterocycles. The van der Waals surface area contributed by atoms with Gasteiger partial charge in [-0.25, -0.2) is 0 Å². The Bertz CT molecular complexity index is 950. The molecule has 0 amide bonds. The average molecular weight is 386 g/mol. The van der Waals surface area contributed by atoms with E-state index in [9.17, 15) is 5.11 Å². The Labute approximate surface area is 172 Å². The van der Waals surface area contributed by atoms with Crippen LogP contribution < -0.4 is 9.64 Å². The number of benzene rings is 3. The highest BCUT2D eigenvalue weighted by Gasteiger charge is 2.25. The van der Waals surface area contributed by atoms with Gasteiger partial charge in [0.1, 0.15) is 12.4 Å². The minimum absolute atomic E-state index is 0.264. The van der Waals surface area contributed by atoms with Crippen LogP contribution in [0.15, 0.2) is 91.2 Å². The molecule has 3 nitrogen and oxygen atoms in total. The van der Waals surface area contributed by atoms with Gasteiger partial charge in [-0.05, 0) is 59.9 Å². The van der Waals surface area contributed by atoms with Gasteiger partial charge in [0, 0.05) is 24.7 Å². The Morgan fingerprint density at radius 1 is 0.966 bits per heavy atom. The lowest BCUT2D eigenvalue weighted by Gasteiger charge is -2.26. The molecule has 0 saturated carbocycles. The highest BCUT2D eigenvalue weighted by atomic mass is 16.5. The van der Waals surface area contributed by atoms with E-state index in [2.05, 4.69) is 72.1 Å². The number of aliphatic hydroxyl groups is 1. The molecule has 1 unspecified atom stereocenters. The SMILES string of the molecule is C=C(O)CC1CCCN1c1ccc(OCc2cccc(-c3ccccc3)c2)cc1. The van der Waals surface area contributed by atoms with E-state index >= 15 is 0 Å². The predicted molar refractivity (Wildman–Crippen MR) is 119 cm³/mol. The lowest BCUT2D eigenvalue weighted by Crippen LogP contribution is -2.29. The minimum Gasteiger partial charge on any atom is -0.513 e. The largest absolute Gasteiger partial charge is 0.513 e. The average Bonchev–Trinajstić information content (AvgIpc) is 3.21. The van der Waals surface area contributed by atoms with Crippen molar-refractivity contribution in [2.24, 2.45) is 0 Å². The Morgan fingerprint density at radius 2 is 1.72 bits per heavy atom. The molecule has 1 heterocycles. The number of anilines is 1. The van der Waals surface area contributed by atoms with E-state index in [1.54, 1.807) is 0 Å². The summed E-state index contributed by atoms with van der Waals surface area (Å²) in [6.45, 7) is 5.20. The molecule has 148 valence electrons. The first-order valence-corrected chi connectivity index (χ1v) is 10.2. The molecule has 1 fully saturated rings. The summed E-state index contributed by atoms with van der Waals surface area (Å²) in [7, 11) is 0. The molecule has 3 heteroatoms. The molecule has 1 atom stereocenters. The van der Waals surface area contributed by atoms with Gasteiger partial charge in [0.25, 0.3) is 0 Å². The monoisotopic (exact) mass is 385 g/mol. The third-order valence-electron chi connectivity index (χ3n) is 5.46. The fourth-order valence-corrected chi connectivity index (χ4v) is 4.03. The molecule has 3 aromatic carbocycles. The Balaban J connectivity index is 1.39. The molecule has 29 heavy (non-hydrogen) atoms. The fraction of sp³-hybridized carbons (Fsp3) is 0.231. The van der Waals surface area contributed by atoms with Crippen LogP contribution in [-0.2, 0) is 6.61 Å². The number of ether oxygens (including phenoxy) is 1. The Hall–Kier alpha value is -3.20. The highest BCUT2D eigenvalue weighted by Crippen LogP contribution is 2.30. The maximum atomic E-state index is 9.55. The second-order valence-electron chi connectivity index (χ2n) is 7.61. The van der Waals surface area contributed by atoms with E-state index in [-0.39, 0.29) is 5.76 Å². The lowest BCUT2D eigenvalue weighted by atomic mass is 10.0. The molecule has 0 spiro atoms. The van der Waals surface area contributed by atoms with Gasteiger partial charge in [-0.1, -0.05) is 55.1 Å². The molecule has 0 bridgehead atoms. The zero-order valence-corrected chi connectivity index (χ0v) is 16.6. The van der Waals surface area contributed by atoms with Crippen LogP contribution in [0.3, 0.4) is 0 Å². The van der Waals surface area contributed by atoms with E-state index in [4.69, 9.17) is 4.74 Å². The maximum Gasteiger partial charge on any atom is 0.119 e. The van der Waals surface area contributed by atoms with E-state index in [0.717, 1.165) is 30.7 Å². The summed E-state index contributed by atoms with van der Waals surface area (Å²) in [6.07, 6.45) is 2.87. The number of aliphatic hydroxyl groups excluding tert-OH is 1. The van der Waals surface area contributed by atoms with Gasteiger partial charge < -0.3 is 14.7 Å². The smallest absolute Gasteiger partial charge is 0.119 e. The van der Waals surface area contributed by atoms with Crippen molar-refractivity contribution in [1.82, 2.24) is 0 Å². The summed E-state index contributed by atoms with van der Waals surface area (Å²) in [5.74, 6) is 1.13. The van der Waals surface area contributed by atoms with Crippen LogP contribution in [0.1, 0.15) is 24.8 Å². The van der Waals surface area contributed by atoms with E-state index in [0.29, 0.717) is 19.1 Å². The number of hydrogen-bond acceptors (Lipinski definition) is 3. The third kappa shape index (κ3) is 4.80. The van der Waals surface area contributed by atoms with Crippen molar-refractivity contribution in [3.8, 4) is 16.9 Å². The van der Waals surface area contributed by atoms with Crippen LogP contribution in [0, 0.1) is 0 Å². The van der Waals surface area contributed by atoms with E-state index in [1.165, 1.54) is 16.8 Å². The third-order valence-corrected chi connectivity index (χ3v) is 5.46. The van der Waals surface area contributed by atoms with Crippen molar-refractivity contribution < 1.29 is 9.84 Å². The Kier molecular flexibility index (Phi) is 5.85. The van der Waals surface area contributed by atoms with Crippen LogP contribution >= 0.6 is 0 Å². The highest BCUT2D eigenvalue weighted by molar-refractivity contribution is 5.63. The summed E-state index contributed by atoms with van der Waals surface area (Å²) >= 11 is 0. The van der Waals surface area contributed by atoms with Gasteiger partial charge in [0.2, 0.25) is 0 Å². The zero-order chi connectivity index (χ0) is 20.1. The number of rotatable bonds is 7. The van der Waals surface area contributed by atoms with Crippen LogP contribution in [-0.4, -0.2) is 17.7 Å². The van der Waals surface area contributed by atoms with Gasteiger partial charge in [0.15, 0.2) is 0 Å². The standard InChI is InChI=1S/C26H27NO2/c1-20(28)17-25-11-6-16-27(25)24-12-14-26(15-13-24)29-19-21-7-5-10-23(18-21)22-8-3-2-4-9-22/h2-5,7-10,12-15,18,25,28H,1,6,11,16-17,19H2. The summed E-state index contributed by atoms with van der Waals surface area (Å²) in [6, 6.07) is 27.5. The Morgan fingerprint density at radius 3 is 2.48 bits per heavy atom. The second-order valence-corrected chi connectivity index (χ2v) is 7.61. The quantitative estimate of drug-likeness (QED) is 0.480. The molecule has 0 aliphatic carbocycles. The van der Waals surface area contributed by atoms with Gasteiger partial charge in [0.05, 0.1) is 5.76 Å². The zero-order valence-electron chi connectivity index (χ0n) is 16.6. The predicted octanol–water partition coefficient (Wildman–Crippen LogP) is 6.36. The lowest BCUT2D eigenvalue weighted by molar-refractivity contribution is 0.306. The topological polar surface area (TPSA) is 32.7 Å². The van der Waals surface area contributed by atoms with Crippen molar-refractivity contribution in [3.63, 3.8) is 0 Å². The van der Waals surface area contributed by atoms with Gasteiger partial charge in [-0.3, -0.25) is 0 Å². The minimum atomic E-state index is 0.264. The number of hydrogen-bond donors (Lipinski definition) is 1. The normalized spacial score (nSPS) is 16.0. The first-order chi connectivity index (χ1) is 14.2. The number of nitrogens with zero attached hydrogens (tertiary/aromatic N) is 1. The van der Waals surface area contributed by atoms with Crippen molar-refractivity contribution in [1.29, 1.82) is 0 Å². The maximum absolute atomic E-state index is 9.55. The van der Waals surface area contributed by atoms with E-state index < -0.39 is 0 Å². The molecular weight excluding hydrogens is 358 g/mol. The van der Waals surface area contributed by atoms with Crippen molar-refractivity contribution in [3.05, 3.63) is 96.8 Å². The summed E-state index contributed by atoms with van der Waals surface area (Å²) in [4.78, 5) is 2.36. The van der Waals surface area contributed by atoms with Crippen molar-refractivity contribution >= 4 is 5.69 Å². The van der Waals surface area contributed by atoms with Gasteiger partial charge in [-0.2, -0.15) is 0 Å². The van der Waals surface area contributed by atoms with Crippen LogP contribution in [0.25, 0.3) is 11.1 Å². The summed E-state index contributed by atoms with van der Waals surface area (Å²) in [5.41, 5.74) is 4.74. The molecule has 0 radical (unpaired) electrons. The summed E-state index contributed by atoms with van der Waals surface area (Å²) in [5, 5.41) is 9.55. The molecule has 0 aromatic heterocycles. The molecule has 1 saturated heterocycles.